The van der Waals surface area contributed by atoms with E-state index in [9.17, 15) is 0 Å². The molecule has 16 heavy (non-hydrogen) atoms. The summed E-state index contributed by atoms with van der Waals surface area (Å²) in [4.78, 5) is 2.45. The van der Waals surface area contributed by atoms with Crippen LogP contribution in [0.5, 0.6) is 5.75 Å². The second-order valence-corrected chi connectivity index (χ2v) is 5.45. The van der Waals surface area contributed by atoms with Crippen LogP contribution in [0.15, 0.2) is 18.2 Å². The van der Waals surface area contributed by atoms with E-state index in [4.69, 9.17) is 10.5 Å². The molecular formula is C13H18N2O. The van der Waals surface area contributed by atoms with Gasteiger partial charge < -0.3 is 15.4 Å². The van der Waals surface area contributed by atoms with Crippen LogP contribution in [-0.4, -0.2) is 18.2 Å². The highest BCUT2D eigenvalue weighted by atomic mass is 16.5. The molecule has 0 saturated heterocycles. The lowest BCUT2D eigenvalue weighted by Crippen LogP contribution is -2.47. The van der Waals surface area contributed by atoms with Crippen LogP contribution in [0.3, 0.4) is 0 Å². The van der Waals surface area contributed by atoms with Crippen LogP contribution < -0.4 is 15.4 Å². The highest BCUT2D eigenvalue weighted by Gasteiger charge is 2.39. The molecule has 1 aromatic carbocycles. The van der Waals surface area contributed by atoms with E-state index >= 15 is 0 Å². The van der Waals surface area contributed by atoms with Gasteiger partial charge in [0.2, 0.25) is 0 Å². The number of rotatable bonds is 1. The van der Waals surface area contributed by atoms with Crippen molar-refractivity contribution in [2.45, 2.75) is 38.3 Å². The smallest absolute Gasteiger partial charge is 0.143 e. The number of hydrogen-bond donors (Lipinski definition) is 1. The van der Waals surface area contributed by atoms with Gasteiger partial charge in [-0.2, -0.15) is 0 Å². The standard InChI is InChI=1S/C13H18N2O/c1-13(2)8-15(10-4-5-10)11-7-9(14)3-6-12(11)16-13/h3,6-7,10H,4-5,8,14H2,1-2H3. The van der Waals surface area contributed by atoms with E-state index in [0.717, 1.165) is 18.0 Å². The van der Waals surface area contributed by atoms with E-state index < -0.39 is 0 Å². The fourth-order valence-corrected chi connectivity index (χ4v) is 2.38. The van der Waals surface area contributed by atoms with Crippen molar-refractivity contribution in [2.75, 3.05) is 17.2 Å². The van der Waals surface area contributed by atoms with Crippen LogP contribution >= 0.6 is 0 Å². The van der Waals surface area contributed by atoms with Gasteiger partial charge in [0.15, 0.2) is 0 Å². The molecule has 2 aliphatic rings. The summed E-state index contributed by atoms with van der Waals surface area (Å²) in [5, 5.41) is 0. The minimum absolute atomic E-state index is 0.105. The average molecular weight is 218 g/mol. The van der Waals surface area contributed by atoms with Crippen LogP contribution in [0.2, 0.25) is 0 Å². The SMILES string of the molecule is CC1(C)CN(C2CC2)c2cc(N)ccc2O1. The molecule has 0 radical (unpaired) electrons. The number of ether oxygens (including phenoxy) is 1. The Morgan fingerprint density at radius 3 is 2.81 bits per heavy atom. The molecule has 0 aromatic heterocycles. The number of fused-ring (bicyclic) bond motifs is 1. The number of hydrogen-bond acceptors (Lipinski definition) is 3. The van der Waals surface area contributed by atoms with Crippen molar-refractivity contribution in [3.05, 3.63) is 18.2 Å². The van der Waals surface area contributed by atoms with Gasteiger partial charge >= 0.3 is 0 Å². The van der Waals surface area contributed by atoms with Crippen LogP contribution in [-0.2, 0) is 0 Å². The highest BCUT2D eigenvalue weighted by Crippen LogP contribution is 2.43. The van der Waals surface area contributed by atoms with Gasteiger partial charge in [-0.25, -0.2) is 0 Å². The van der Waals surface area contributed by atoms with Crippen LogP contribution in [0.1, 0.15) is 26.7 Å². The summed E-state index contributed by atoms with van der Waals surface area (Å²) in [5.41, 5.74) is 7.73. The Kier molecular flexibility index (Phi) is 1.88. The predicted molar refractivity (Wildman–Crippen MR) is 65.9 cm³/mol. The third-order valence-electron chi connectivity index (χ3n) is 3.22. The van der Waals surface area contributed by atoms with Crippen molar-refractivity contribution in [2.24, 2.45) is 0 Å². The Bertz CT molecular complexity index is 424. The zero-order chi connectivity index (χ0) is 11.3. The Morgan fingerprint density at radius 1 is 1.38 bits per heavy atom. The second-order valence-electron chi connectivity index (χ2n) is 5.45. The summed E-state index contributed by atoms with van der Waals surface area (Å²) in [5.74, 6) is 0.970. The third kappa shape index (κ3) is 1.60. The van der Waals surface area contributed by atoms with Crippen molar-refractivity contribution in [3.63, 3.8) is 0 Å². The second kappa shape index (κ2) is 3.06. The van der Waals surface area contributed by atoms with E-state index in [0.29, 0.717) is 6.04 Å². The lowest BCUT2D eigenvalue weighted by molar-refractivity contribution is 0.104. The molecule has 3 heteroatoms. The molecule has 3 rings (SSSR count). The molecule has 2 N–H and O–H groups in total. The zero-order valence-corrected chi connectivity index (χ0v) is 9.86. The van der Waals surface area contributed by atoms with Crippen molar-refractivity contribution in [3.8, 4) is 5.75 Å². The molecular weight excluding hydrogens is 200 g/mol. The van der Waals surface area contributed by atoms with Gasteiger partial charge in [0.1, 0.15) is 11.4 Å². The van der Waals surface area contributed by atoms with Crippen molar-refractivity contribution in [1.29, 1.82) is 0 Å². The Hall–Kier alpha value is -1.38. The van der Waals surface area contributed by atoms with E-state index in [1.807, 2.05) is 18.2 Å². The zero-order valence-electron chi connectivity index (χ0n) is 9.86. The summed E-state index contributed by atoms with van der Waals surface area (Å²) in [6.45, 7) is 5.23. The number of benzene rings is 1. The van der Waals surface area contributed by atoms with E-state index in [1.54, 1.807) is 0 Å². The molecule has 1 aliphatic carbocycles. The maximum atomic E-state index is 5.99. The van der Waals surface area contributed by atoms with Crippen molar-refractivity contribution in [1.82, 2.24) is 0 Å². The van der Waals surface area contributed by atoms with Crippen molar-refractivity contribution < 1.29 is 4.74 Å². The Balaban J connectivity index is 2.05. The molecule has 0 atom stereocenters. The van der Waals surface area contributed by atoms with Gasteiger partial charge in [-0.1, -0.05) is 0 Å². The Labute approximate surface area is 96.2 Å². The molecule has 1 fully saturated rings. The fourth-order valence-electron chi connectivity index (χ4n) is 2.38. The van der Waals surface area contributed by atoms with Crippen LogP contribution in [0.25, 0.3) is 0 Å². The van der Waals surface area contributed by atoms with Gasteiger partial charge in [0.05, 0.1) is 12.2 Å². The molecule has 0 amide bonds. The van der Waals surface area contributed by atoms with Gasteiger partial charge in [0, 0.05) is 11.7 Å². The molecule has 0 spiro atoms. The van der Waals surface area contributed by atoms with Gasteiger partial charge in [-0.3, -0.25) is 0 Å². The first kappa shape index (κ1) is 9.82. The van der Waals surface area contributed by atoms with E-state index in [2.05, 4.69) is 18.7 Å². The highest BCUT2D eigenvalue weighted by molar-refractivity contribution is 5.67. The monoisotopic (exact) mass is 218 g/mol. The van der Waals surface area contributed by atoms with E-state index in [-0.39, 0.29) is 5.60 Å². The normalized spacial score (nSPS) is 22.5. The first-order valence-electron chi connectivity index (χ1n) is 5.90. The minimum atomic E-state index is -0.105. The molecule has 1 saturated carbocycles. The first-order valence-corrected chi connectivity index (χ1v) is 5.90. The number of nitrogens with zero attached hydrogens (tertiary/aromatic N) is 1. The van der Waals surface area contributed by atoms with Crippen LogP contribution in [0.4, 0.5) is 11.4 Å². The molecule has 0 bridgehead atoms. The number of nitrogen functional groups attached to an aromatic ring is 1. The average Bonchev–Trinajstić information content (AvgIpc) is 3.00. The minimum Gasteiger partial charge on any atom is -0.484 e. The largest absolute Gasteiger partial charge is 0.484 e. The summed E-state index contributed by atoms with van der Waals surface area (Å²) >= 11 is 0. The molecule has 0 unspecified atom stereocenters. The van der Waals surface area contributed by atoms with Crippen LogP contribution in [0, 0.1) is 0 Å². The van der Waals surface area contributed by atoms with Gasteiger partial charge in [0.25, 0.3) is 0 Å². The molecule has 1 heterocycles. The molecule has 86 valence electrons. The maximum Gasteiger partial charge on any atom is 0.143 e. The quantitative estimate of drug-likeness (QED) is 0.736. The lowest BCUT2D eigenvalue weighted by Gasteiger charge is -2.41. The van der Waals surface area contributed by atoms with E-state index in [1.165, 1.54) is 18.5 Å². The van der Waals surface area contributed by atoms with Gasteiger partial charge in [-0.15, -0.1) is 0 Å². The molecule has 1 aliphatic heterocycles. The summed E-state index contributed by atoms with van der Waals surface area (Å²) < 4.78 is 5.99. The lowest BCUT2D eigenvalue weighted by atomic mass is 10.0. The predicted octanol–water partition coefficient (Wildman–Crippen LogP) is 2.41. The summed E-state index contributed by atoms with van der Waals surface area (Å²) in [6.07, 6.45) is 2.59. The first-order chi connectivity index (χ1) is 7.55. The molecule has 3 nitrogen and oxygen atoms in total. The van der Waals surface area contributed by atoms with Crippen molar-refractivity contribution >= 4 is 11.4 Å². The number of anilines is 2. The fraction of sp³-hybridized carbons (Fsp3) is 0.538. The number of nitrogens with two attached hydrogens (primary N) is 1. The van der Waals surface area contributed by atoms with Gasteiger partial charge in [-0.05, 0) is 44.9 Å². The topological polar surface area (TPSA) is 38.5 Å². The maximum absolute atomic E-state index is 5.99. The summed E-state index contributed by atoms with van der Waals surface area (Å²) in [6, 6.07) is 6.62. The third-order valence-corrected chi connectivity index (χ3v) is 3.22. The molecule has 1 aromatic rings. The summed E-state index contributed by atoms with van der Waals surface area (Å²) in [7, 11) is 0. The Morgan fingerprint density at radius 2 is 2.12 bits per heavy atom.